The van der Waals surface area contributed by atoms with Gasteiger partial charge in [-0.1, -0.05) is 0 Å². The minimum atomic E-state index is -2.99. The van der Waals surface area contributed by atoms with Crippen LogP contribution in [0.4, 0.5) is 4.39 Å². The fourth-order valence-corrected chi connectivity index (χ4v) is 0.0676. The fraction of sp³-hybridized carbons (Fsp3) is 0.667. The van der Waals surface area contributed by atoms with Crippen molar-refractivity contribution in [1.29, 1.82) is 0 Å². The Labute approximate surface area is 44.7 Å². The number of aliphatic carboxylic acids is 1. The van der Waals surface area contributed by atoms with Gasteiger partial charge in [-0.2, -0.15) is 0 Å². The summed E-state index contributed by atoms with van der Waals surface area (Å²) in [5.41, 5.74) is 4.34. The number of hydrogen-bond acceptors (Lipinski definition) is 3. The van der Waals surface area contributed by atoms with Crippen molar-refractivity contribution >= 4 is 5.97 Å². The Kier molecular flexibility index (Phi) is 1.88. The summed E-state index contributed by atoms with van der Waals surface area (Å²) < 4.78 is 11.9. The van der Waals surface area contributed by atoms with E-state index >= 15 is 0 Å². The molecule has 0 amide bonds. The summed E-state index contributed by atoms with van der Waals surface area (Å²) in [4.78, 5) is 9.59. The highest BCUT2D eigenvalue weighted by atomic mass is 19.1. The Morgan fingerprint density at radius 3 is 2.25 bits per heavy atom. The van der Waals surface area contributed by atoms with Crippen molar-refractivity contribution in [3.05, 3.63) is 0 Å². The third kappa shape index (κ3) is 1.43. The van der Waals surface area contributed by atoms with Crippen LogP contribution < -0.4 is 5.73 Å². The molecule has 0 aromatic heterocycles. The molecule has 4 nitrogen and oxygen atoms in total. The van der Waals surface area contributed by atoms with Gasteiger partial charge in [0.1, 0.15) is 6.61 Å². The first-order valence-corrected chi connectivity index (χ1v) is 1.83. The minimum Gasteiger partial charge on any atom is -0.478 e. The van der Waals surface area contributed by atoms with E-state index in [9.17, 15) is 9.18 Å². The number of rotatable bonds is 2. The van der Waals surface area contributed by atoms with Gasteiger partial charge in [0.25, 0.3) is 5.79 Å². The van der Waals surface area contributed by atoms with E-state index in [0.29, 0.717) is 0 Å². The van der Waals surface area contributed by atoms with Crippen molar-refractivity contribution in [2.45, 2.75) is 5.79 Å². The Bertz CT molecular complexity index is 103. The average Bonchev–Trinajstić information content (AvgIpc) is 1.67. The van der Waals surface area contributed by atoms with Crippen molar-refractivity contribution < 1.29 is 19.4 Å². The third-order valence-electron chi connectivity index (χ3n) is 0.586. The highest BCUT2D eigenvalue weighted by Gasteiger charge is 2.32. The fourth-order valence-electron chi connectivity index (χ4n) is 0.0676. The van der Waals surface area contributed by atoms with Crippen LogP contribution in [0, 0.1) is 0 Å². The second-order valence-electron chi connectivity index (χ2n) is 1.33. The van der Waals surface area contributed by atoms with Crippen LogP contribution in [0.5, 0.6) is 0 Å². The van der Waals surface area contributed by atoms with Crippen molar-refractivity contribution in [1.82, 2.24) is 0 Å². The number of carboxylic acids is 1. The van der Waals surface area contributed by atoms with Crippen LogP contribution in [0.15, 0.2) is 0 Å². The van der Waals surface area contributed by atoms with Crippen LogP contribution in [0.25, 0.3) is 0 Å². The minimum absolute atomic E-state index is 1.21. The maximum absolute atomic E-state index is 11.9. The van der Waals surface area contributed by atoms with Gasteiger partial charge in [-0.15, -0.1) is 0 Å². The van der Waals surface area contributed by atoms with Crippen LogP contribution in [-0.4, -0.2) is 28.6 Å². The molecule has 0 heterocycles. The summed E-state index contributed by atoms with van der Waals surface area (Å²) in [6.45, 7) is -1.21. The lowest BCUT2D eigenvalue weighted by molar-refractivity contribution is -0.153. The number of aliphatic hydroxyl groups is 1. The molecular formula is C3H6FNO3. The quantitative estimate of drug-likeness (QED) is 0.398. The second kappa shape index (κ2) is 2.06. The first-order valence-electron chi connectivity index (χ1n) is 1.83. The molecular weight excluding hydrogens is 117 g/mol. The average molecular weight is 123 g/mol. The summed E-state index contributed by atoms with van der Waals surface area (Å²) in [6.07, 6.45) is 0. The van der Waals surface area contributed by atoms with Gasteiger partial charge in [0.2, 0.25) is 0 Å². The van der Waals surface area contributed by atoms with Gasteiger partial charge in [0.05, 0.1) is 0 Å². The summed E-state index contributed by atoms with van der Waals surface area (Å²) >= 11 is 0. The van der Waals surface area contributed by atoms with Gasteiger partial charge in [-0.05, 0) is 0 Å². The molecule has 0 aromatic rings. The zero-order valence-corrected chi connectivity index (χ0v) is 3.97. The maximum atomic E-state index is 11.9. The van der Waals surface area contributed by atoms with E-state index in [-0.39, 0.29) is 0 Å². The highest BCUT2D eigenvalue weighted by Crippen LogP contribution is 1.98. The smallest absolute Gasteiger partial charge is 0.359 e. The van der Waals surface area contributed by atoms with Crippen LogP contribution in [0.1, 0.15) is 0 Å². The topological polar surface area (TPSA) is 83.5 Å². The molecule has 0 fully saturated rings. The molecule has 1 unspecified atom stereocenters. The normalized spacial score (nSPS) is 17.4. The molecule has 0 saturated heterocycles. The predicted molar refractivity (Wildman–Crippen MR) is 22.7 cm³/mol. The lowest BCUT2D eigenvalue weighted by Gasteiger charge is -2.08. The Morgan fingerprint density at radius 2 is 2.25 bits per heavy atom. The molecule has 0 aliphatic heterocycles. The van der Waals surface area contributed by atoms with E-state index in [4.69, 9.17) is 10.2 Å². The van der Waals surface area contributed by atoms with Gasteiger partial charge < -0.3 is 10.2 Å². The second-order valence-corrected chi connectivity index (χ2v) is 1.33. The molecule has 0 rings (SSSR count). The molecule has 5 heteroatoms. The number of aliphatic hydroxyl groups excluding tert-OH is 1. The summed E-state index contributed by atoms with van der Waals surface area (Å²) in [5.74, 6) is -4.85. The Hall–Kier alpha value is -0.680. The third-order valence-corrected chi connectivity index (χ3v) is 0.586. The zero-order valence-electron chi connectivity index (χ0n) is 3.97. The van der Waals surface area contributed by atoms with E-state index < -0.39 is 18.4 Å². The van der Waals surface area contributed by atoms with Crippen LogP contribution in [0.3, 0.4) is 0 Å². The highest BCUT2D eigenvalue weighted by molar-refractivity contribution is 5.76. The van der Waals surface area contributed by atoms with Gasteiger partial charge in [0.15, 0.2) is 0 Å². The molecule has 0 spiro atoms. The standard InChI is InChI=1S/C3H6FNO3/c4-3(5,1-6)2(7)8/h6H,1,5H2,(H,7,8). The van der Waals surface area contributed by atoms with E-state index in [1.165, 1.54) is 0 Å². The molecule has 1 atom stereocenters. The van der Waals surface area contributed by atoms with E-state index in [1.807, 2.05) is 0 Å². The van der Waals surface area contributed by atoms with Gasteiger partial charge in [-0.25, -0.2) is 9.18 Å². The van der Waals surface area contributed by atoms with Gasteiger partial charge in [-0.3, -0.25) is 5.73 Å². The first kappa shape index (κ1) is 7.32. The van der Waals surface area contributed by atoms with Crippen molar-refractivity contribution in [2.24, 2.45) is 5.73 Å². The molecule has 0 bridgehead atoms. The van der Waals surface area contributed by atoms with E-state index in [1.54, 1.807) is 0 Å². The number of hydrogen-bond donors (Lipinski definition) is 3. The lowest BCUT2D eigenvalue weighted by atomic mass is 10.3. The molecule has 0 radical (unpaired) electrons. The summed E-state index contributed by atoms with van der Waals surface area (Å²) in [6, 6.07) is 0. The Morgan fingerprint density at radius 1 is 1.88 bits per heavy atom. The predicted octanol–water partition coefficient (Wildman–Crippen LogP) is -1.31. The number of carbonyl (C=O) groups is 1. The van der Waals surface area contributed by atoms with E-state index in [2.05, 4.69) is 5.73 Å². The largest absolute Gasteiger partial charge is 0.478 e. The lowest BCUT2D eigenvalue weighted by Crippen LogP contribution is -2.46. The molecule has 0 aromatic carbocycles. The number of alkyl halides is 1. The van der Waals surface area contributed by atoms with Crippen LogP contribution in [0.2, 0.25) is 0 Å². The van der Waals surface area contributed by atoms with Crippen molar-refractivity contribution in [3.8, 4) is 0 Å². The summed E-state index contributed by atoms with van der Waals surface area (Å²) in [5, 5.41) is 15.7. The van der Waals surface area contributed by atoms with Gasteiger partial charge >= 0.3 is 5.97 Å². The van der Waals surface area contributed by atoms with Crippen LogP contribution >= 0.6 is 0 Å². The molecule has 48 valence electrons. The Balaban J connectivity index is 3.91. The van der Waals surface area contributed by atoms with Crippen LogP contribution in [-0.2, 0) is 4.79 Å². The SMILES string of the molecule is NC(F)(CO)C(=O)O. The molecule has 0 aliphatic rings. The number of nitrogens with two attached hydrogens (primary N) is 1. The zero-order chi connectivity index (χ0) is 6.78. The van der Waals surface area contributed by atoms with E-state index in [0.717, 1.165) is 0 Å². The monoisotopic (exact) mass is 123 g/mol. The molecule has 0 saturated carbocycles. The molecule has 0 aliphatic carbocycles. The first-order chi connectivity index (χ1) is 3.50. The maximum Gasteiger partial charge on any atom is 0.359 e. The van der Waals surface area contributed by atoms with Crippen molar-refractivity contribution in [2.75, 3.05) is 6.61 Å². The number of halogens is 1. The number of carboxylic acid groups (broad SMARTS) is 1. The van der Waals surface area contributed by atoms with Crippen molar-refractivity contribution in [3.63, 3.8) is 0 Å². The van der Waals surface area contributed by atoms with Gasteiger partial charge in [0, 0.05) is 0 Å². The molecule has 8 heavy (non-hydrogen) atoms. The molecule has 4 N–H and O–H groups in total. The summed E-state index contributed by atoms with van der Waals surface area (Å²) in [7, 11) is 0.